The largest absolute Gasteiger partial charge is 0.469 e. The van der Waals surface area contributed by atoms with Crippen LogP contribution in [0.15, 0.2) is 12.7 Å². The van der Waals surface area contributed by atoms with Gasteiger partial charge in [-0.05, 0) is 6.08 Å². The van der Waals surface area contributed by atoms with Crippen LogP contribution in [0.25, 0.3) is 0 Å². The maximum Gasteiger partial charge on any atom is 0.308 e. The molecule has 0 unspecified atom stereocenters. The van der Waals surface area contributed by atoms with Crippen molar-refractivity contribution in [2.45, 2.75) is 18.9 Å². The highest BCUT2D eigenvalue weighted by Gasteiger charge is 2.13. The standard InChI is InChI=1S/C8H12O4/c1-3-6(9)4-7(10)5-8(11)12-2/h3,7,10H,1,4-5H2,2H3/t7-/m1/s1. The van der Waals surface area contributed by atoms with Crippen LogP contribution >= 0.6 is 0 Å². The van der Waals surface area contributed by atoms with E-state index in [2.05, 4.69) is 11.3 Å². The second-order valence-electron chi connectivity index (χ2n) is 2.31. The van der Waals surface area contributed by atoms with Crippen LogP contribution < -0.4 is 0 Å². The quantitative estimate of drug-likeness (QED) is 0.470. The van der Waals surface area contributed by atoms with Crippen molar-refractivity contribution in [1.29, 1.82) is 0 Å². The lowest BCUT2D eigenvalue weighted by molar-refractivity contribution is -0.143. The summed E-state index contributed by atoms with van der Waals surface area (Å²) in [6.07, 6.45) is -0.0993. The first-order valence-corrected chi connectivity index (χ1v) is 3.50. The number of esters is 1. The number of rotatable bonds is 5. The maximum atomic E-state index is 10.7. The molecule has 0 saturated carbocycles. The van der Waals surface area contributed by atoms with E-state index in [1.165, 1.54) is 7.11 Å². The molecule has 0 aliphatic carbocycles. The fourth-order valence-electron chi connectivity index (χ4n) is 0.663. The van der Waals surface area contributed by atoms with Crippen LogP contribution in [0.3, 0.4) is 0 Å². The molecule has 1 N–H and O–H groups in total. The second kappa shape index (κ2) is 5.49. The van der Waals surface area contributed by atoms with Crippen molar-refractivity contribution in [2.24, 2.45) is 0 Å². The number of allylic oxidation sites excluding steroid dienone is 1. The van der Waals surface area contributed by atoms with Gasteiger partial charge in [-0.25, -0.2) is 0 Å². The predicted molar refractivity (Wildman–Crippen MR) is 42.5 cm³/mol. The van der Waals surface area contributed by atoms with Gasteiger partial charge in [0.2, 0.25) is 0 Å². The van der Waals surface area contributed by atoms with Crippen molar-refractivity contribution in [3.8, 4) is 0 Å². The molecule has 0 spiro atoms. The zero-order valence-corrected chi connectivity index (χ0v) is 6.95. The van der Waals surface area contributed by atoms with E-state index in [9.17, 15) is 9.59 Å². The van der Waals surface area contributed by atoms with Gasteiger partial charge in [0.15, 0.2) is 5.78 Å². The van der Waals surface area contributed by atoms with E-state index in [0.29, 0.717) is 0 Å². The van der Waals surface area contributed by atoms with Crippen molar-refractivity contribution in [1.82, 2.24) is 0 Å². The summed E-state index contributed by atoms with van der Waals surface area (Å²) < 4.78 is 4.30. The molecule has 0 aromatic rings. The van der Waals surface area contributed by atoms with Crippen molar-refractivity contribution < 1.29 is 19.4 Å². The maximum absolute atomic E-state index is 10.7. The highest BCUT2D eigenvalue weighted by molar-refractivity contribution is 5.89. The minimum atomic E-state index is -0.969. The zero-order valence-electron chi connectivity index (χ0n) is 6.95. The number of hydrogen-bond donors (Lipinski definition) is 1. The van der Waals surface area contributed by atoms with Gasteiger partial charge in [-0.1, -0.05) is 6.58 Å². The van der Waals surface area contributed by atoms with E-state index >= 15 is 0 Å². The SMILES string of the molecule is C=CC(=O)C[C@@H](O)CC(=O)OC. The summed E-state index contributed by atoms with van der Waals surface area (Å²) in [7, 11) is 1.23. The highest BCUT2D eigenvalue weighted by atomic mass is 16.5. The number of ketones is 1. The fourth-order valence-corrected chi connectivity index (χ4v) is 0.663. The summed E-state index contributed by atoms with van der Waals surface area (Å²) in [5.41, 5.74) is 0. The van der Waals surface area contributed by atoms with Gasteiger partial charge in [0.05, 0.1) is 19.6 Å². The molecule has 0 fully saturated rings. The Balaban J connectivity index is 3.73. The molecular formula is C8H12O4. The molecule has 1 atom stereocenters. The van der Waals surface area contributed by atoms with Crippen LogP contribution in [0.4, 0.5) is 0 Å². The summed E-state index contributed by atoms with van der Waals surface area (Å²) in [6, 6.07) is 0. The Kier molecular flexibility index (Phi) is 4.96. The van der Waals surface area contributed by atoms with Gasteiger partial charge in [0.25, 0.3) is 0 Å². The third-order valence-electron chi connectivity index (χ3n) is 1.29. The lowest BCUT2D eigenvalue weighted by Crippen LogP contribution is -2.17. The Hall–Kier alpha value is -1.16. The smallest absolute Gasteiger partial charge is 0.308 e. The molecule has 0 aliphatic rings. The molecule has 0 heterocycles. The molecular weight excluding hydrogens is 160 g/mol. The predicted octanol–water partition coefficient (Wildman–Crippen LogP) is 0.0556. The third kappa shape index (κ3) is 4.62. The molecule has 0 bridgehead atoms. The van der Waals surface area contributed by atoms with E-state index in [0.717, 1.165) is 6.08 Å². The third-order valence-corrected chi connectivity index (χ3v) is 1.29. The van der Waals surface area contributed by atoms with E-state index in [1.807, 2.05) is 0 Å². The number of carbonyl (C=O) groups excluding carboxylic acids is 2. The highest BCUT2D eigenvalue weighted by Crippen LogP contribution is 2.00. The lowest BCUT2D eigenvalue weighted by Gasteiger charge is -2.05. The Labute approximate surface area is 70.8 Å². The van der Waals surface area contributed by atoms with Crippen LogP contribution in [0.2, 0.25) is 0 Å². The Morgan fingerprint density at radius 1 is 1.58 bits per heavy atom. The van der Waals surface area contributed by atoms with Crippen molar-refractivity contribution in [3.05, 3.63) is 12.7 Å². The van der Waals surface area contributed by atoms with Crippen LogP contribution in [0.1, 0.15) is 12.8 Å². The first-order chi connectivity index (χ1) is 5.60. The van der Waals surface area contributed by atoms with Gasteiger partial charge in [0, 0.05) is 6.42 Å². The van der Waals surface area contributed by atoms with Gasteiger partial charge in [0.1, 0.15) is 0 Å². The number of hydrogen-bond acceptors (Lipinski definition) is 4. The van der Waals surface area contributed by atoms with Gasteiger partial charge < -0.3 is 9.84 Å². The summed E-state index contributed by atoms with van der Waals surface area (Å²) in [5.74, 6) is -0.814. The summed E-state index contributed by atoms with van der Waals surface area (Å²) in [6.45, 7) is 3.24. The van der Waals surface area contributed by atoms with Crippen molar-refractivity contribution >= 4 is 11.8 Å². The molecule has 0 rings (SSSR count). The molecule has 0 radical (unpaired) electrons. The Morgan fingerprint density at radius 2 is 2.17 bits per heavy atom. The minimum absolute atomic E-state index is 0.0847. The van der Waals surface area contributed by atoms with Crippen molar-refractivity contribution in [3.63, 3.8) is 0 Å². The monoisotopic (exact) mass is 172 g/mol. The number of carbonyl (C=O) groups is 2. The average Bonchev–Trinajstić information content (AvgIpc) is 2.03. The zero-order chi connectivity index (χ0) is 9.56. The molecule has 0 amide bonds. The molecule has 0 aromatic carbocycles. The second-order valence-corrected chi connectivity index (χ2v) is 2.31. The first-order valence-electron chi connectivity index (χ1n) is 3.50. The summed E-state index contributed by atoms with van der Waals surface area (Å²) in [5, 5.41) is 9.08. The molecule has 12 heavy (non-hydrogen) atoms. The normalized spacial score (nSPS) is 11.8. The van der Waals surface area contributed by atoms with Crippen LogP contribution in [0, 0.1) is 0 Å². The number of methoxy groups -OCH3 is 1. The Morgan fingerprint density at radius 3 is 2.58 bits per heavy atom. The number of aliphatic hydroxyl groups is 1. The molecule has 68 valence electrons. The first kappa shape index (κ1) is 10.8. The molecule has 4 heteroatoms. The van der Waals surface area contributed by atoms with Gasteiger partial charge in [-0.15, -0.1) is 0 Å². The van der Waals surface area contributed by atoms with Crippen LogP contribution in [-0.2, 0) is 14.3 Å². The van der Waals surface area contributed by atoms with Gasteiger partial charge in [-0.2, -0.15) is 0 Å². The summed E-state index contributed by atoms with van der Waals surface area (Å²) in [4.78, 5) is 21.2. The van der Waals surface area contributed by atoms with E-state index in [4.69, 9.17) is 5.11 Å². The van der Waals surface area contributed by atoms with E-state index in [-0.39, 0.29) is 18.6 Å². The molecule has 0 saturated heterocycles. The molecule has 4 nitrogen and oxygen atoms in total. The fraction of sp³-hybridized carbons (Fsp3) is 0.500. The Bertz CT molecular complexity index is 185. The number of ether oxygens (including phenoxy) is 1. The van der Waals surface area contributed by atoms with Crippen molar-refractivity contribution in [2.75, 3.05) is 7.11 Å². The molecule has 0 aromatic heterocycles. The van der Waals surface area contributed by atoms with Crippen LogP contribution in [-0.4, -0.2) is 30.1 Å². The average molecular weight is 172 g/mol. The van der Waals surface area contributed by atoms with Gasteiger partial charge >= 0.3 is 5.97 Å². The minimum Gasteiger partial charge on any atom is -0.469 e. The van der Waals surface area contributed by atoms with E-state index < -0.39 is 12.1 Å². The van der Waals surface area contributed by atoms with E-state index in [1.54, 1.807) is 0 Å². The topological polar surface area (TPSA) is 63.6 Å². The lowest BCUT2D eigenvalue weighted by atomic mass is 10.1. The number of aliphatic hydroxyl groups excluding tert-OH is 1. The molecule has 0 aliphatic heterocycles. The van der Waals surface area contributed by atoms with Gasteiger partial charge in [-0.3, -0.25) is 9.59 Å². The summed E-state index contributed by atoms with van der Waals surface area (Å²) >= 11 is 0. The van der Waals surface area contributed by atoms with Crippen LogP contribution in [0.5, 0.6) is 0 Å².